The van der Waals surface area contributed by atoms with Gasteiger partial charge in [0.1, 0.15) is 0 Å². The second kappa shape index (κ2) is 7.37. The number of nitrogens with zero attached hydrogens (tertiary/aromatic N) is 2. The third-order valence-electron chi connectivity index (χ3n) is 3.46. The first-order chi connectivity index (χ1) is 8.61. The van der Waals surface area contributed by atoms with Gasteiger partial charge in [-0.1, -0.05) is 13.0 Å². The van der Waals surface area contributed by atoms with Crippen molar-refractivity contribution in [2.75, 3.05) is 6.54 Å². The van der Waals surface area contributed by atoms with Gasteiger partial charge in [0, 0.05) is 24.3 Å². The molecular weight excluding hydrogens is 222 g/mol. The number of hydrogen-bond acceptors (Lipinski definition) is 2. The number of unbranched alkanes of at least 4 members (excludes halogenated alkanes) is 1. The van der Waals surface area contributed by atoms with Crippen molar-refractivity contribution in [1.82, 2.24) is 15.1 Å². The van der Waals surface area contributed by atoms with Gasteiger partial charge in [-0.25, -0.2) is 0 Å². The molecule has 1 atom stereocenters. The summed E-state index contributed by atoms with van der Waals surface area (Å²) in [7, 11) is 2.02. The fourth-order valence-corrected chi connectivity index (χ4v) is 2.43. The van der Waals surface area contributed by atoms with E-state index in [2.05, 4.69) is 37.8 Å². The Kier molecular flexibility index (Phi) is 6.13. The molecule has 18 heavy (non-hydrogen) atoms. The Balaban J connectivity index is 2.82. The zero-order chi connectivity index (χ0) is 13.5. The first-order valence-corrected chi connectivity index (χ1v) is 6.96. The van der Waals surface area contributed by atoms with Crippen molar-refractivity contribution >= 4 is 0 Å². The normalized spacial score (nSPS) is 12.7. The number of hydrogen-bond donors (Lipinski definition) is 1. The Morgan fingerprint density at radius 1 is 1.44 bits per heavy atom. The summed E-state index contributed by atoms with van der Waals surface area (Å²) in [5.41, 5.74) is 3.82. The van der Waals surface area contributed by atoms with Gasteiger partial charge in [0.2, 0.25) is 0 Å². The fraction of sp³-hybridized carbons (Fsp3) is 0.667. The molecule has 0 bridgehead atoms. The third-order valence-corrected chi connectivity index (χ3v) is 3.46. The maximum atomic E-state index is 4.52. The Hall–Kier alpha value is -1.09. The highest BCUT2D eigenvalue weighted by molar-refractivity contribution is 5.28. The molecule has 3 nitrogen and oxygen atoms in total. The van der Waals surface area contributed by atoms with Crippen LogP contribution in [0.1, 0.15) is 55.6 Å². The summed E-state index contributed by atoms with van der Waals surface area (Å²) in [5.74, 6) is 0. The topological polar surface area (TPSA) is 29.9 Å². The van der Waals surface area contributed by atoms with Gasteiger partial charge in [-0.3, -0.25) is 4.68 Å². The molecular formula is C15H27N3. The smallest absolute Gasteiger partial charge is 0.0644 e. The van der Waals surface area contributed by atoms with Crippen molar-refractivity contribution in [3.05, 3.63) is 29.6 Å². The van der Waals surface area contributed by atoms with Gasteiger partial charge in [-0.2, -0.15) is 5.10 Å². The molecule has 102 valence electrons. The first-order valence-electron chi connectivity index (χ1n) is 6.96. The van der Waals surface area contributed by atoms with Gasteiger partial charge < -0.3 is 5.32 Å². The summed E-state index contributed by atoms with van der Waals surface area (Å²) in [4.78, 5) is 0. The van der Waals surface area contributed by atoms with Gasteiger partial charge in [-0.15, -0.1) is 6.58 Å². The van der Waals surface area contributed by atoms with Gasteiger partial charge >= 0.3 is 0 Å². The number of aryl methyl sites for hydroxylation is 2. The second-order valence-corrected chi connectivity index (χ2v) is 4.93. The van der Waals surface area contributed by atoms with Crippen molar-refractivity contribution in [2.24, 2.45) is 7.05 Å². The van der Waals surface area contributed by atoms with E-state index < -0.39 is 0 Å². The molecule has 0 spiro atoms. The van der Waals surface area contributed by atoms with E-state index >= 15 is 0 Å². The molecule has 0 aromatic carbocycles. The first kappa shape index (κ1) is 15.0. The molecule has 3 heteroatoms. The number of allylic oxidation sites excluding steroid dienone is 1. The minimum Gasteiger partial charge on any atom is -0.310 e. The van der Waals surface area contributed by atoms with Crippen LogP contribution in [0.15, 0.2) is 12.7 Å². The number of nitrogens with one attached hydrogen (secondary N) is 1. The summed E-state index contributed by atoms with van der Waals surface area (Å²) in [6, 6.07) is 0.429. The Labute approximate surface area is 111 Å². The van der Waals surface area contributed by atoms with Crippen LogP contribution in [0.2, 0.25) is 0 Å². The van der Waals surface area contributed by atoms with Crippen LogP contribution in [0.3, 0.4) is 0 Å². The molecule has 0 aliphatic carbocycles. The van der Waals surface area contributed by atoms with Crippen LogP contribution in [0.4, 0.5) is 0 Å². The van der Waals surface area contributed by atoms with Crippen LogP contribution in [-0.2, 0) is 7.05 Å². The molecule has 0 saturated carbocycles. The van der Waals surface area contributed by atoms with Crippen LogP contribution >= 0.6 is 0 Å². The van der Waals surface area contributed by atoms with Crippen LogP contribution in [0.5, 0.6) is 0 Å². The minimum atomic E-state index is 0.429. The number of rotatable bonds is 8. The monoisotopic (exact) mass is 249 g/mol. The molecule has 0 aliphatic rings. The summed E-state index contributed by atoms with van der Waals surface area (Å²) in [6.07, 6.45) is 6.58. The molecule has 0 saturated heterocycles. The number of aromatic nitrogens is 2. The van der Waals surface area contributed by atoms with Crippen molar-refractivity contribution in [1.29, 1.82) is 0 Å². The average molecular weight is 249 g/mol. The lowest BCUT2D eigenvalue weighted by Gasteiger charge is -2.19. The maximum absolute atomic E-state index is 4.52. The lowest BCUT2D eigenvalue weighted by Crippen LogP contribution is -2.23. The van der Waals surface area contributed by atoms with Crippen LogP contribution < -0.4 is 5.32 Å². The van der Waals surface area contributed by atoms with E-state index in [1.54, 1.807) is 0 Å². The lowest BCUT2D eigenvalue weighted by atomic mass is 9.99. The van der Waals surface area contributed by atoms with E-state index in [-0.39, 0.29) is 0 Å². The molecule has 0 radical (unpaired) electrons. The van der Waals surface area contributed by atoms with Gasteiger partial charge in [0.15, 0.2) is 0 Å². The lowest BCUT2D eigenvalue weighted by molar-refractivity contribution is 0.482. The van der Waals surface area contributed by atoms with Crippen LogP contribution in [-0.4, -0.2) is 16.3 Å². The molecule has 1 heterocycles. The van der Waals surface area contributed by atoms with Crippen molar-refractivity contribution in [2.45, 2.75) is 52.5 Å². The molecule has 1 N–H and O–H groups in total. The minimum absolute atomic E-state index is 0.429. The molecule has 0 amide bonds. The largest absolute Gasteiger partial charge is 0.310 e. The van der Waals surface area contributed by atoms with E-state index in [0.717, 1.165) is 31.5 Å². The predicted molar refractivity (Wildman–Crippen MR) is 77.8 cm³/mol. The van der Waals surface area contributed by atoms with E-state index in [0.29, 0.717) is 6.04 Å². The molecule has 1 rings (SSSR count). The SMILES string of the molecule is C=CCCCC(NCCC)c1c(C)nn(C)c1C. The average Bonchev–Trinajstić information content (AvgIpc) is 2.59. The molecule has 1 aromatic rings. The van der Waals surface area contributed by atoms with Gasteiger partial charge in [-0.05, 0) is 46.1 Å². The molecule has 0 aliphatic heterocycles. The summed E-state index contributed by atoms with van der Waals surface area (Å²) in [6.45, 7) is 11.3. The van der Waals surface area contributed by atoms with Gasteiger partial charge in [0.25, 0.3) is 0 Å². The molecule has 1 unspecified atom stereocenters. The fourth-order valence-electron chi connectivity index (χ4n) is 2.43. The summed E-state index contributed by atoms with van der Waals surface area (Å²) in [5, 5.41) is 8.18. The zero-order valence-corrected chi connectivity index (χ0v) is 12.3. The maximum Gasteiger partial charge on any atom is 0.0644 e. The Bertz CT molecular complexity index is 379. The van der Waals surface area contributed by atoms with Crippen LogP contribution in [0, 0.1) is 13.8 Å². The predicted octanol–water partition coefficient (Wildman–Crippen LogP) is 3.43. The molecule has 0 fully saturated rings. The highest BCUT2D eigenvalue weighted by atomic mass is 15.3. The van der Waals surface area contributed by atoms with Crippen LogP contribution in [0.25, 0.3) is 0 Å². The highest BCUT2D eigenvalue weighted by Crippen LogP contribution is 2.25. The second-order valence-electron chi connectivity index (χ2n) is 4.93. The quantitative estimate of drug-likeness (QED) is 0.565. The van der Waals surface area contributed by atoms with E-state index in [4.69, 9.17) is 0 Å². The van der Waals surface area contributed by atoms with Crippen molar-refractivity contribution in [3.8, 4) is 0 Å². The Morgan fingerprint density at radius 3 is 2.67 bits per heavy atom. The highest BCUT2D eigenvalue weighted by Gasteiger charge is 2.18. The Morgan fingerprint density at radius 2 is 2.17 bits per heavy atom. The van der Waals surface area contributed by atoms with Crippen molar-refractivity contribution in [3.63, 3.8) is 0 Å². The van der Waals surface area contributed by atoms with E-state index in [9.17, 15) is 0 Å². The zero-order valence-electron chi connectivity index (χ0n) is 12.3. The third kappa shape index (κ3) is 3.70. The van der Waals surface area contributed by atoms with E-state index in [1.165, 1.54) is 17.7 Å². The molecule has 1 aromatic heterocycles. The summed E-state index contributed by atoms with van der Waals surface area (Å²) < 4.78 is 1.98. The van der Waals surface area contributed by atoms with Gasteiger partial charge in [0.05, 0.1) is 5.69 Å². The van der Waals surface area contributed by atoms with Crippen molar-refractivity contribution < 1.29 is 0 Å². The standard InChI is InChI=1S/C15H27N3/c1-6-8-9-10-14(16-11-7-2)15-12(3)17-18(5)13(15)4/h6,14,16H,1,7-11H2,2-5H3. The summed E-state index contributed by atoms with van der Waals surface area (Å²) >= 11 is 0. The van der Waals surface area contributed by atoms with E-state index in [1.807, 2.05) is 17.8 Å².